The quantitative estimate of drug-likeness (QED) is 0.436. The summed E-state index contributed by atoms with van der Waals surface area (Å²) in [7, 11) is 3.09. The molecule has 1 saturated heterocycles. The largest absolute Gasteiger partial charge is 0.493 e. The van der Waals surface area contributed by atoms with Gasteiger partial charge in [0.2, 0.25) is 0 Å². The summed E-state index contributed by atoms with van der Waals surface area (Å²) in [6.07, 6.45) is -0.487. The van der Waals surface area contributed by atoms with Gasteiger partial charge in [0.05, 0.1) is 26.0 Å². The van der Waals surface area contributed by atoms with E-state index in [0.29, 0.717) is 34.1 Å². The summed E-state index contributed by atoms with van der Waals surface area (Å²) >= 11 is 0. The Morgan fingerprint density at radius 3 is 2.70 bits per heavy atom. The molecule has 2 aliphatic heterocycles. The predicted octanol–water partition coefficient (Wildman–Crippen LogP) is 4.41. The Bertz CT molecular complexity index is 1260. The third kappa shape index (κ3) is 5.24. The second-order valence-electron chi connectivity index (χ2n) is 9.41. The third-order valence-electron chi connectivity index (χ3n) is 7.00. The number of ether oxygens (including phenoxy) is 2. The standard InChI is InChI=1S/C27H31F2N5O3/c1-36-23-9-8-17(12-24(23)37-2)20-13-22(26(28)29)34-25(32-20)14-21(33-34)16-5-3-6-18(11-16)27(35)31-19-7-4-10-30-15-19/h3,5-6,8-9,11-12,14,19-20,22,26,30,32H,4,7,10,13,15H2,1-2H3,(H,31,35). The summed E-state index contributed by atoms with van der Waals surface area (Å²) in [5.41, 5.74) is 2.53. The Balaban J connectivity index is 1.40. The number of fused-ring (bicyclic) bond motifs is 1. The van der Waals surface area contributed by atoms with Crippen molar-refractivity contribution in [1.29, 1.82) is 0 Å². The van der Waals surface area contributed by atoms with Crippen LogP contribution in [-0.4, -0.2) is 55.5 Å². The lowest BCUT2D eigenvalue weighted by molar-refractivity contribution is 0.0659. The normalized spacial score (nSPS) is 21.2. The van der Waals surface area contributed by atoms with Crippen LogP contribution >= 0.6 is 0 Å². The zero-order chi connectivity index (χ0) is 25.9. The molecule has 5 rings (SSSR count). The molecule has 8 nitrogen and oxygen atoms in total. The van der Waals surface area contributed by atoms with Crippen molar-refractivity contribution >= 4 is 11.7 Å². The minimum absolute atomic E-state index is 0.0920. The molecule has 1 aromatic heterocycles. The van der Waals surface area contributed by atoms with Gasteiger partial charge in [0.25, 0.3) is 12.3 Å². The minimum atomic E-state index is -2.60. The van der Waals surface area contributed by atoms with Gasteiger partial charge in [0.1, 0.15) is 11.9 Å². The Hall–Kier alpha value is -3.66. The fraction of sp³-hybridized carbons (Fsp3) is 0.407. The summed E-state index contributed by atoms with van der Waals surface area (Å²) in [4.78, 5) is 12.8. The van der Waals surface area contributed by atoms with Gasteiger partial charge >= 0.3 is 0 Å². The number of benzene rings is 2. The van der Waals surface area contributed by atoms with Crippen molar-refractivity contribution in [2.24, 2.45) is 0 Å². The molecule has 0 spiro atoms. The number of carbonyl (C=O) groups excluding carboxylic acids is 1. The van der Waals surface area contributed by atoms with E-state index in [4.69, 9.17) is 9.47 Å². The molecule has 10 heteroatoms. The molecule has 0 saturated carbocycles. The van der Waals surface area contributed by atoms with Gasteiger partial charge in [-0.15, -0.1) is 0 Å². The number of aromatic nitrogens is 2. The van der Waals surface area contributed by atoms with Gasteiger partial charge in [0.15, 0.2) is 11.5 Å². The maximum absolute atomic E-state index is 14.2. The lowest BCUT2D eigenvalue weighted by Crippen LogP contribution is -2.45. The first-order valence-electron chi connectivity index (χ1n) is 12.4. The van der Waals surface area contributed by atoms with Crippen molar-refractivity contribution < 1.29 is 23.0 Å². The average Bonchev–Trinajstić information content (AvgIpc) is 3.37. The van der Waals surface area contributed by atoms with Crippen LogP contribution < -0.4 is 25.4 Å². The molecule has 0 aliphatic carbocycles. The van der Waals surface area contributed by atoms with E-state index in [1.165, 1.54) is 4.68 Å². The van der Waals surface area contributed by atoms with Crippen LogP contribution in [0, 0.1) is 0 Å². The molecule has 3 N–H and O–H groups in total. The first kappa shape index (κ1) is 25.0. The summed E-state index contributed by atoms with van der Waals surface area (Å²) in [5.74, 6) is 1.45. The number of hydrogen-bond donors (Lipinski definition) is 3. The number of anilines is 1. The van der Waals surface area contributed by atoms with E-state index < -0.39 is 12.5 Å². The number of piperidine rings is 1. The van der Waals surface area contributed by atoms with Crippen LogP contribution in [0.3, 0.4) is 0 Å². The van der Waals surface area contributed by atoms with Crippen molar-refractivity contribution in [2.45, 2.75) is 43.8 Å². The maximum Gasteiger partial charge on any atom is 0.260 e. The number of rotatable bonds is 7. The van der Waals surface area contributed by atoms with Crippen LogP contribution in [0.2, 0.25) is 0 Å². The number of methoxy groups -OCH3 is 2. The maximum atomic E-state index is 14.2. The number of amides is 1. The second-order valence-corrected chi connectivity index (χ2v) is 9.41. The Labute approximate surface area is 214 Å². The molecule has 0 bridgehead atoms. The van der Waals surface area contributed by atoms with Crippen LogP contribution in [0.4, 0.5) is 14.6 Å². The molecule has 2 aliphatic rings. The molecule has 0 radical (unpaired) electrons. The molecule has 1 amide bonds. The van der Waals surface area contributed by atoms with Gasteiger partial charge in [0, 0.05) is 29.8 Å². The average molecular weight is 512 g/mol. The highest BCUT2D eigenvalue weighted by atomic mass is 19.3. The topological polar surface area (TPSA) is 89.4 Å². The van der Waals surface area contributed by atoms with E-state index in [0.717, 1.165) is 31.5 Å². The molecule has 3 unspecified atom stereocenters. The summed E-state index contributed by atoms with van der Waals surface area (Å²) in [6, 6.07) is 12.9. The van der Waals surface area contributed by atoms with Crippen molar-refractivity contribution in [1.82, 2.24) is 20.4 Å². The number of alkyl halides is 2. The highest BCUT2D eigenvalue weighted by molar-refractivity contribution is 5.95. The monoisotopic (exact) mass is 511 g/mol. The van der Waals surface area contributed by atoms with E-state index in [2.05, 4.69) is 21.0 Å². The molecule has 3 heterocycles. The van der Waals surface area contributed by atoms with E-state index >= 15 is 0 Å². The van der Waals surface area contributed by atoms with E-state index in [9.17, 15) is 13.6 Å². The van der Waals surface area contributed by atoms with Crippen molar-refractivity contribution in [2.75, 3.05) is 32.6 Å². The van der Waals surface area contributed by atoms with Crippen LogP contribution in [0.1, 0.15) is 47.3 Å². The number of hydrogen-bond acceptors (Lipinski definition) is 6. The van der Waals surface area contributed by atoms with Crippen LogP contribution in [0.25, 0.3) is 11.3 Å². The van der Waals surface area contributed by atoms with Crippen LogP contribution in [-0.2, 0) is 0 Å². The number of nitrogens with zero attached hydrogens (tertiary/aromatic N) is 2. The molecule has 3 atom stereocenters. The molecule has 3 aromatic rings. The van der Waals surface area contributed by atoms with E-state index in [1.807, 2.05) is 12.1 Å². The SMILES string of the molecule is COc1ccc(C2CC(C(F)F)n3nc(-c4cccc(C(=O)NC5CCCNC5)c4)cc3N2)cc1OC. The first-order chi connectivity index (χ1) is 18.0. The highest BCUT2D eigenvalue weighted by Gasteiger charge is 2.35. The predicted molar refractivity (Wildman–Crippen MR) is 137 cm³/mol. The first-order valence-corrected chi connectivity index (χ1v) is 12.4. The Kier molecular flexibility index (Phi) is 7.27. The minimum Gasteiger partial charge on any atom is -0.493 e. The summed E-state index contributed by atoms with van der Waals surface area (Å²) in [5, 5.41) is 14.2. The van der Waals surface area contributed by atoms with Gasteiger partial charge in [-0.2, -0.15) is 5.10 Å². The Morgan fingerprint density at radius 1 is 1.14 bits per heavy atom. The Morgan fingerprint density at radius 2 is 1.97 bits per heavy atom. The number of halogens is 2. The molecule has 2 aromatic carbocycles. The van der Waals surface area contributed by atoms with Crippen LogP contribution in [0.15, 0.2) is 48.5 Å². The lowest BCUT2D eigenvalue weighted by Gasteiger charge is -2.32. The second kappa shape index (κ2) is 10.8. The highest BCUT2D eigenvalue weighted by Crippen LogP contribution is 2.41. The zero-order valence-electron chi connectivity index (χ0n) is 20.8. The van der Waals surface area contributed by atoms with Crippen molar-refractivity contribution in [3.63, 3.8) is 0 Å². The van der Waals surface area contributed by atoms with Crippen molar-refractivity contribution in [3.05, 3.63) is 59.7 Å². The van der Waals surface area contributed by atoms with E-state index in [-0.39, 0.29) is 24.4 Å². The van der Waals surface area contributed by atoms with Crippen LogP contribution in [0.5, 0.6) is 11.5 Å². The molecular weight excluding hydrogens is 480 g/mol. The third-order valence-corrected chi connectivity index (χ3v) is 7.00. The fourth-order valence-corrected chi connectivity index (χ4v) is 5.04. The van der Waals surface area contributed by atoms with Gasteiger partial charge in [-0.1, -0.05) is 18.2 Å². The summed E-state index contributed by atoms with van der Waals surface area (Å²) in [6.45, 7) is 1.72. The van der Waals surface area contributed by atoms with Gasteiger partial charge in [-0.05, 0) is 55.6 Å². The lowest BCUT2D eigenvalue weighted by atomic mass is 9.97. The zero-order valence-corrected chi connectivity index (χ0v) is 20.8. The summed E-state index contributed by atoms with van der Waals surface area (Å²) < 4.78 is 40.4. The van der Waals surface area contributed by atoms with E-state index in [1.54, 1.807) is 50.6 Å². The molecule has 37 heavy (non-hydrogen) atoms. The number of carbonyl (C=O) groups is 1. The smallest absolute Gasteiger partial charge is 0.260 e. The van der Waals surface area contributed by atoms with Gasteiger partial charge in [-0.25, -0.2) is 13.5 Å². The van der Waals surface area contributed by atoms with Crippen molar-refractivity contribution in [3.8, 4) is 22.8 Å². The van der Waals surface area contributed by atoms with Gasteiger partial charge in [-0.3, -0.25) is 4.79 Å². The molecule has 1 fully saturated rings. The van der Waals surface area contributed by atoms with Gasteiger partial charge < -0.3 is 25.4 Å². The number of nitrogens with one attached hydrogen (secondary N) is 3. The molecular formula is C27H31F2N5O3. The fourth-order valence-electron chi connectivity index (χ4n) is 5.04. The molecule has 196 valence electrons.